The van der Waals surface area contributed by atoms with Gasteiger partial charge in [0.25, 0.3) is 0 Å². The largest absolute Gasteiger partial charge is 0.394 e. The number of hydrogen-bond acceptors (Lipinski definition) is 3. The van der Waals surface area contributed by atoms with E-state index in [1.54, 1.807) is 6.92 Å². The number of rotatable bonds is 18. The predicted molar refractivity (Wildman–Crippen MR) is 139 cm³/mol. The molecule has 5 heteroatoms. The molecule has 0 bridgehead atoms. The Hall–Kier alpha value is -2.40. The molecule has 1 atom stereocenters. The SMILES string of the molecule is C[C@H](CO)NC(=O)CCC/C=C\C/C=C\C/C=C\C/C=C\C(C)(C)CCCCn1cccn1. The lowest BCUT2D eigenvalue weighted by Crippen LogP contribution is -2.34. The van der Waals surface area contributed by atoms with E-state index in [1.165, 1.54) is 19.3 Å². The first-order valence-electron chi connectivity index (χ1n) is 12.4. The van der Waals surface area contributed by atoms with Gasteiger partial charge >= 0.3 is 0 Å². The highest BCUT2D eigenvalue weighted by molar-refractivity contribution is 5.76. The average Bonchev–Trinajstić information content (AvgIpc) is 3.30. The zero-order valence-electron chi connectivity index (χ0n) is 21.0. The Morgan fingerprint density at radius 2 is 1.70 bits per heavy atom. The second kappa shape index (κ2) is 18.1. The lowest BCUT2D eigenvalue weighted by molar-refractivity contribution is -0.122. The van der Waals surface area contributed by atoms with Gasteiger partial charge in [-0.05, 0) is 63.4 Å². The molecule has 1 heterocycles. The van der Waals surface area contributed by atoms with E-state index in [9.17, 15) is 4.79 Å². The van der Waals surface area contributed by atoms with Gasteiger partial charge in [-0.2, -0.15) is 5.10 Å². The molecule has 0 aliphatic heterocycles. The molecule has 1 amide bonds. The van der Waals surface area contributed by atoms with Crippen LogP contribution in [0.25, 0.3) is 0 Å². The molecule has 184 valence electrons. The van der Waals surface area contributed by atoms with Crippen molar-refractivity contribution in [3.05, 3.63) is 67.1 Å². The smallest absolute Gasteiger partial charge is 0.220 e. The zero-order valence-corrected chi connectivity index (χ0v) is 21.0. The third-order valence-electron chi connectivity index (χ3n) is 5.36. The number of aliphatic hydroxyl groups excluding tert-OH is 1. The number of unbranched alkanes of at least 4 members (excludes halogenated alkanes) is 2. The highest BCUT2D eigenvalue weighted by atomic mass is 16.3. The van der Waals surface area contributed by atoms with E-state index in [0.717, 1.165) is 38.6 Å². The Morgan fingerprint density at radius 3 is 2.33 bits per heavy atom. The molecular formula is C28H45N3O2. The molecule has 0 radical (unpaired) electrons. The summed E-state index contributed by atoms with van der Waals surface area (Å²) in [6.45, 7) is 7.40. The fraction of sp³-hybridized carbons (Fsp3) is 0.571. The van der Waals surface area contributed by atoms with Gasteiger partial charge in [-0.3, -0.25) is 9.48 Å². The molecule has 0 saturated heterocycles. The van der Waals surface area contributed by atoms with E-state index in [1.807, 2.05) is 23.1 Å². The van der Waals surface area contributed by atoms with Crippen molar-refractivity contribution in [2.24, 2.45) is 5.41 Å². The van der Waals surface area contributed by atoms with E-state index in [4.69, 9.17) is 5.11 Å². The monoisotopic (exact) mass is 455 g/mol. The van der Waals surface area contributed by atoms with Crippen molar-refractivity contribution in [3.63, 3.8) is 0 Å². The van der Waals surface area contributed by atoms with E-state index >= 15 is 0 Å². The normalized spacial score (nSPS) is 13.7. The lowest BCUT2D eigenvalue weighted by Gasteiger charge is -2.19. The Bertz CT molecular complexity index is 730. The molecule has 1 aromatic rings. The van der Waals surface area contributed by atoms with Crippen molar-refractivity contribution in [2.75, 3.05) is 6.61 Å². The van der Waals surface area contributed by atoms with Gasteiger partial charge in [0.2, 0.25) is 5.91 Å². The predicted octanol–water partition coefficient (Wildman–Crippen LogP) is 6.14. The summed E-state index contributed by atoms with van der Waals surface area (Å²) in [6, 6.07) is 1.81. The Balaban J connectivity index is 2.02. The van der Waals surface area contributed by atoms with E-state index < -0.39 is 0 Å². The molecule has 0 unspecified atom stereocenters. The Labute approximate surface area is 201 Å². The zero-order chi connectivity index (χ0) is 24.2. The van der Waals surface area contributed by atoms with Crippen LogP contribution in [-0.2, 0) is 11.3 Å². The van der Waals surface area contributed by atoms with Gasteiger partial charge in [0.05, 0.1) is 6.61 Å². The van der Waals surface area contributed by atoms with Crippen LogP contribution in [0.2, 0.25) is 0 Å². The Morgan fingerprint density at radius 1 is 1.03 bits per heavy atom. The minimum atomic E-state index is -0.163. The first-order valence-corrected chi connectivity index (χ1v) is 12.4. The third kappa shape index (κ3) is 16.8. The maximum absolute atomic E-state index is 11.6. The van der Waals surface area contributed by atoms with Gasteiger partial charge in [-0.1, -0.05) is 68.9 Å². The van der Waals surface area contributed by atoms with Crippen molar-refractivity contribution in [1.29, 1.82) is 0 Å². The molecular weight excluding hydrogens is 410 g/mol. The van der Waals surface area contributed by atoms with E-state index in [0.29, 0.717) is 6.42 Å². The number of hydrogen-bond donors (Lipinski definition) is 2. The molecule has 0 aliphatic rings. The summed E-state index contributed by atoms with van der Waals surface area (Å²) < 4.78 is 2.00. The van der Waals surface area contributed by atoms with Crippen LogP contribution >= 0.6 is 0 Å². The van der Waals surface area contributed by atoms with Crippen LogP contribution in [0.1, 0.15) is 78.6 Å². The fourth-order valence-corrected chi connectivity index (χ4v) is 3.37. The van der Waals surface area contributed by atoms with Crippen LogP contribution in [0.15, 0.2) is 67.1 Å². The van der Waals surface area contributed by atoms with Crippen LogP contribution < -0.4 is 5.32 Å². The van der Waals surface area contributed by atoms with Gasteiger partial charge in [0.1, 0.15) is 0 Å². The molecule has 2 N–H and O–H groups in total. The molecule has 0 saturated carbocycles. The highest BCUT2D eigenvalue weighted by Gasteiger charge is 2.12. The number of carbonyl (C=O) groups is 1. The Kier molecular flexibility index (Phi) is 15.7. The molecule has 5 nitrogen and oxygen atoms in total. The summed E-state index contributed by atoms with van der Waals surface area (Å²) in [5.41, 5.74) is 0.242. The number of carbonyl (C=O) groups excluding carboxylic acids is 1. The second-order valence-electron chi connectivity index (χ2n) is 9.28. The summed E-state index contributed by atoms with van der Waals surface area (Å²) in [5, 5.41) is 15.9. The van der Waals surface area contributed by atoms with Gasteiger partial charge in [-0.25, -0.2) is 0 Å². The number of aromatic nitrogens is 2. The van der Waals surface area contributed by atoms with Crippen LogP contribution in [0.5, 0.6) is 0 Å². The third-order valence-corrected chi connectivity index (χ3v) is 5.36. The first-order chi connectivity index (χ1) is 15.9. The van der Waals surface area contributed by atoms with Crippen LogP contribution in [0.4, 0.5) is 0 Å². The number of allylic oxidation sites excluding steroid dienone is 8. The number of aryl methyl sites for hydroxylation is 1. The maximum atomic E-state index is 11.6. The highest BCUT2D eigenvalue weighted by Crippen LogP contribution is 2.25. The van der Waals surface area contributed by atoms with Crippen molar-refractivity contribution >= 4 is 5.91 Å². The van der Waals surface area contributed by atoms with E-state index in [-0.39, 0.29) is 24.0 Å². The fourth-order valence-electron chi connectivity index (χ4n) is 3.37. The molecule has 0 aromatic carbocycles. The molecule has 0 spiro atoms. The van der Waals surface area contributed by atoms with Crippen molar-refractivity contribution in [3.8, 4) is 0 Å². The average molecular weight is 456 g/mol. The summed E-state index contributed by atoms with van der Waals surface area (Å²) >= 11 is 0. The topological polar surface area (TPSA) is 67.2 Å². The standard InChI is InChI=1S/C28H45N3O2/c1-26(25-32)30-27(33)19-14-12-10-8-6-4-5-7-9-11-13-15-20-28(2,3)21-16-17-23-31-24-18-22-29-31/h4-5,8-11,15,18,20,22,24,26,32H,6-7,12-14,16-17,19,21,23,25H2,1-3H3,(H,30,33)/b5-4-,10-8-,11-9-,20-15-/t26-/m1/s1. The van der Waals surface area contributed by atoms with Crippen molar-refractivity contribution < 1.29 is 9.90 Å². The van der Waals surface area contributed by atoms with Gasteiger partial charge in [-0.15, -0.1) is 0 Å². The van der Waals surface area contributed by atoms with Gasteiger partial charge in [0.15, 0.2) is 0 Å². The van der Waals surface area contributed by atoms with Crippen molar-refractivity contribution in [1.82, 2.24) is 15.1 Å². The molecule has 33 heavy (non-hydrogen) atoms. The van der Waals surface area contributed by atoms with E-state index in [2.05, 4.69) is 72.9 Å². The molecule has 1 aromatic heterocycles. The molecule has 0 fully saturated rings. The quantitative estimate of drug-likeness (QED) is 0.206. The minimum absolute atomic E-state index is 0.0106. The summed E-state index contributed by atoms with van der Waals surface area (Å²) in [6.07, 6.45) is 30.3. The van der Waals surface area contributed by atoms with Gasteiger partial charge in [0, 0.05) is 31.4 Å². The van der Waals surface area contributed by atoms with Gasteiger partial charge < -0.3 is 10.4 Å². The number of nitrogens with one attached hydrogen (secondary N) is 1. The minimum Gasteiger partial charge on any atom is -0.394 e. The maximum Gasteiger partial charge on any atom is 0.220 e. The summed E-state index contributed by atoms with van der Waals surface area (Å²) in [7, 11) is 0. The van der Waals surface area contributed by atoms with Crippen LogP contribution in [0, 0.1) is 5.41 Å². The number of amides is 1. The summed E-state index contributed by atoms with van der Waals surface area (Å²) in [5.74, 6) is 0.0106. The molecule has 0 aliphatic carbocycles. The van der Waals surface area contributed by atoms with Crippen LogP contribution in [-0.4, -0.2) is 33.4 Å². The summed E-state index contributed by atoms with van der Waals surface area (Å²) in [4.78, 5) is 11.6. The lowest BCUT2D eigenvalue weighted by atomic mass is 9.86. The van der Waals surface area contributed by atoms with Crippen LogP contribution in [0.3, 0.4) is 0 Å². The number of aliphatic hydroxyl groups is 1. The molecule has 1 rings (SSSR count). The second-order valence-corrected chi connectivity index (χ2v) is 9.28. The first kappa shape index (κ1) is 28.6. The number of nitrogens with zero attached hydrogens (tertiary/aromatic N) is 2. The van der Waals surface area contributed by atoms with Crippen molar-refractivity contribution in [2.45, 2.75) is 91.1 Å².